The quantitative estimate of drug-likeness (QED) is 0.911. The fraction of sp³-hybridized carbons (Fsp3) is 0.312. The lowest BCUT2D eigenvalue weighted by Gasteiger charge is -2.12. The molecular formula is C16H16FN3O3. The van der Waals surface area contributed by atoms with E-state index in [1.165, 1.54) is 20.4 Å². The second-order valence-electron chi connectivity index (χ2n) is 5.26. The van der Waals surface area contributed by atoms with E-state index in [0.29, 0.717) is 5.56 Å². The molecule has 0 spiro atoms. The van der Waals surface area contributed by atoms with Crippen LogP contribution in [0, 0.1) is 0 Å². The molecule has 1 aromatic carbocycles. The van der Waals surface area contributed by atoms with Gasteiger partial charge in [0.15, 0.2) is 11.4 Å². The van der Waals surface area contributed by atoms with Gasteiger partial charge in [0.2, 0.25) is 5.88 Å². The Morgan fingerprint density at radius 1 is 1.30 bits per heavy atom. The van der Waals surface area contributed by atoms with E-state index in [1.54, 1.807) is 24.3 Å². The number of hydrogen-bond donors (Lipinski definition) is 1. The molecule has 1 heterocycles. The van der Waals surface area contributed by atoms with E-state index in [-0.39, 0.29) is 23.6 Å². The van der Waals surface area contributed by atoms with Gasteiger partial charge in [-0.25, -0.2) is 4.39 Å². The highest BCUT2D eigenvalue weighted by Gasteiger charge is 2.57. The average molecular weight is 317 g/mol. The topological polar surface area (TPSA) is 73.3 Å². The molecule has 1 fully saturated rings. The Balaban J connectivity index is 1.80. The highest BCUT2D eigenvalue weighted by Crippen LogP contribution is 2.50. The van der Waals surface area contributed by atoms with Crippen LogP contribution >= 0.6 is 0 Å². The van der Waals surface area contributed by atoms with Crippen LogP contribution in [0.4, 0.5) is 4.39 Å². The molecular weight excluding hydrogens is 301 g/mol. The third-order valence-corrected chi connectivity index (χ3v) is 3.88. The van der Waals surface area contributed by atoms with Crippen LogP contribution < -0.4 is 14.8 Å². The first-order valence-corrected chi connectivity index (χ1v) is 7.09. The first-order valence-electron chi connectivity index (χ1n) is 7.09. The minimum Gasteiger partial charge on any atom is -0.494 e. The van der Waals surface area contributed by atoms with Crippen LogP contribution in [-0.2, 0) is 5.67 Å². The lowest BCUT2D eigenvalue weighted by molar-refractivity contribution is 0.0932. The summed E-state index contributed by atoms with van der Waals surface area (Å²) in [5, 5.41) is 10.1. The van der Waals surface area contributed by atoms with Crippen LogP contribution in [0.5, 0.6) is 11.6 Å². The van der Waals surface area contributed by atoms with Crippen molar-refractivity contribution in [1.29, 1.82) is 0 Å². The van der Waals surface area contributed by atoms with Crippen LogP contribution in [0.1, 0.15) is 22.3 Å². The van der Waals surface area contributed by atoms with E-state index in [0.717, 1.165) is 0 Å². The molecule has 23 heavy (non-hydrogen) atoms. The zero-order valence-electron chi connectivity index (χ0n) is 12.7. The molecule has 2 atom stereocenters. The summed E-state index contributed by atoms with van der Waals surface area (Å²) >= 11 is 0. The first kappa shape index (κ1) is 15.2. The normalized spacial score (nSPS) is 22.3. The number of amides is 1. The molecule has 1 amide bonds. The Morgan fingerprint density at radius 3 is 2.70 bits per heavy atom. The van der Waals surface area contributed by atoms with Gasteiger partial charge in [0.1, 0.15) is 5.56 Å². The van der Waals surface area contributed by atoms with Crippen molar-refractivity contribution in [3.8, 4) is 11.6 Å². The number of aromatic nitrogens is 2. The second kappa shape index (κ2) is 5.83. The average Bonchev–Trinajstić information content (AvgIpc) is 3.25. The van der Waals surface area contributed by atoms with Crippen molar-refractivity contribution in [3.05, 3.63) is 47.7 Å². The van der Waals surface area contributed by atoms with Crippen molar-refractivity contribution < 1.29 is 18.7 Å². The molecule has 3 rings (SSSR count). The summed E-state index contributed by atoms with van der Waals surface area (Å²) in [6.07, 6.45) is 1.54. The minimum absolute atomic E-state index is 0.0340. The summed E-state index contributed by atoms with van der Waals surface area (Å²) in [5.41, 5.74) is -0.887. The van der Waals surface area contributed by atoms with Gasteiger partial charge in [-0.05, 0) is 5.56 Å². The molecule has 7 heteroatoms. The maximum atomic E-state index is 14.8. The Kier molecular flexibility index (Phi) is 3.85. The second-order valence-corrected chi connectivity index (χ2v) is 5.26. The number of carbonyl (C=O) groups is 1. The number of carbonyl (C=O) groups excluding carboxylic acids is 1. The molecule has 0 bridgehead atoms. The van der Waals surface area contributed by atoms with Gasteiger partial charge in [-0.1, -0.05) is 30.3 Å². The summed E-state index contributed by atoms with van der Waals surface area (Å²) in [6.45, 7) is 0. The van der Waals surface area contributed by atoms with Gasteiger partial charge < -0.3 is 14.8 Å². The number of nitrogens with one attached hydrogen (secondary N) is 1. The molecule has 0 radical (unpaired) electrons. The van der Waals surface area contributed by atoms with Gasteiger partial charge in [0.25, 0.3) is 5.91 Å². The van der Waals surface area contributed by atoms with Crippen LogP contribution in [0.3, 0.4) is 0 Å². The fourth-order valence-electron chi connectivity index (χ4n) is 2.53. The highest BCUT2D eigenvalue weighted by molar-refractivity contribution is 5.99. The van der Waals surface area contributed by atoms with Gasteiger partial charge in [-0.3, -0.25) is 4.79 Å². The Labute approximate surface area is 132 Å². The molecule has 1 aliphatic carbocycles. The smallest absolute Gasteiger partial charge is 0.261 e. The predicted octanol–water partition coefficient (Wildman–Crippen LogP) is 1.86. The van der Waals surface area contributed by atoms with Crippen molar-refractivity contribution in [2.75, 3.05) is 14.2 Å². The van der Waals surface area contributed by atoms with Gasteiger partial charge in [-0.15, -0.1) is 5.10 Å². The molecule has 2 unspecified atom stereocenters. The number of rotatable bonds is 5. The van der Waals surface area contributed by atoms with Crippen LogP contribution in [0.2, 0.25) is 0 Å². The molecule has 1 N–H and O–H groups in total. The predicted molar refractivity (Wildman–Crippen MR) is 80.2 cm³/mol. The van der Waals surface area contributed by atoms with E-state index in [9.17, 15) is 9.18 Å². The largest absolute Gasteiger partial charge is 0.494 e. The van der Waals surface area contributed by atoms with Crippen molar-refractivity contribution in [2.45, 2.75) is 18.1 Å². The molecule has 2 aromatic rings. The van der Waals surface area contributed by atoms with E-state index in [1.807, 2.05) is 6.07 Å². The Hall–Kier alpha value is -2.70. The summed E-state index contributed by atoms with van der Waals surface area (Å²) < 4.78 is 25.0. The number of nitrogens with zero attached hydrogens (tertiary/aromatic N) is 2. The molecule has 1 aromatic heterocycles. The summed E-state index contributed by atoms with van der Waals surface area (Å²) in [5.74, 6) is -0.250. The molecule has 0 saturated heterocycles. The Bertz CT molecular complexity index is 704. The third-order valence-electron chi connectivity index (χ3n) is 3.88. The van der Waals surface area contributed by atoms with Gasteiger partial charge in [0, 0.05) is 6.42 Å². The SMILES string of the molecule is COc1cnnc(OC)c1C(=O)NC1CC1(F)c1ccccc1. The molecule has 1 aliphatic rings. The maximum Gasteiger partial charge on any atom is 0.261 e. The maximum absolute atomic E-state index is 14.8. The lowest BCUT2D eigenvalue weighted by atomic mass is 10.1. The van der Waals surface area contributed by atoms with E-state index < -0.39 is 17.6 Å². The molecule has 0 aliphatic heterocycles. The monoisotopic (exact) mass is 317 g/mol. The van der Waals surface area contributed by atoms with Crippen molar-refractivity contribution in [1.82, 2.24) is 15.5 Å². The highest BCUT2D eigenvalue weighted by atomic mass is 19.1. The fourth-order valence-corrected chi connectivity index (χ4v) is 2.53. The number of ether oxygens (including phenoxy) is 2. The molecule has 120 valence electrons. The van der Waals surface area contributed by atoms with Gasteiger partial charge in [-0.2, -0.15) is 5.10 Å². The molecule has 6 nitrogen and oxygen atoms in total. The Morgan fingerprint density at radius 2 is 2.04 bits per heavy atom. The number of methoxy groups -OCH3 is 2. The number of halogens is 1. The van der Waals surface area contributed by atoms with E-state index >= 15 is 0 Å². The van der Waals surface area contributed by atoms with E-state index in [4.69, 9.17) is 9.47 Å². The van der Waals surface area contributed by atoms with Crippen molar-refractivity contribution in [2.24, 2.45) is 0 Å². The van der Waals surface area contributed by atoms with Gasteiger partial charge in [0.05, 0.1) is 26.5 Å². The third kappa shape index (κ3) is 2.69. The lowest BCUT2D eigenvalue weighted by Crippen LogP contribution is -2.30. The minimum atomic E-state index is -1.54. The van der Waals surface area contributed by atoms with Gasteiger partial charge >= 0.3 is 0 Å². The van der Waals surface area contributed by atoms with Crippen LogP contribution in [-0.4, -0.2) is 36.4 Å². The number of hydrogen-bond acceptors (Lipinski definition) is 5. The zero-order chi connectivity index (χ0) is 16.4. The first-order chi connectivity index (χ1) is 11.1. The van der Waals surface area contributed by atoms with E-state index in [2.05, 4.69) is 15.5 Å². The van der Waals surface area contributed by atoms with Crippen LogP contribution in [0.25, 0.3) is 0 Å². The summed E-state index contributed by atoms with van der Waals surface area (Å²) in [4.78, 5) is 12.5. The number of benzene rings is 1. The number of alkyl halides is 1. The standard InChI is InChI=1S/C16H16FN3O3/c1-22-11-9-18-20-15(23-2)13(11)14(21)19-12-8-16(12,17)10-6-4-3-5-7-10/h3-7,9,12H,8H2,1-2H3,(H,19,21). The van der Waals surface area contributed by atoms with Crippen LogP contribution in [0.15, 0.2) is 36.5 Å². The molecule has 1 saturated carbocycles. The van der Waals surface area contributed by atoms with Crippen molar-refractivity contribution in [3.63, 3.8) is 0 Å². The van der Waals surface area contributed by atoms with Crippen molar-refractivity contribution >= 4 is 5.91 Å². The summed E-state index contributed by atoms with van der Waals surface area (Å²) in [6, 6.07) is 8.18. The zero-order valence-corrected chi connectivity index (χ0v) is 12.7. The summed E-state index contributed by atoms with van der Waals surface area (Å²) in [7, 11) is 2.79.